The van der Waals surface area contributed by atoms with E-state index in [-0.39, 0.29) is 18.2 Å². The fraction of sp³-hybridized carbons (Fsp3) is 0.690. The van der Waals surface area contributed by atoms with Gasteiger partial charge in [0.05, 0.1) is 19.4 Å². The van der Waals surface area contributed by atoms with Gasteiger partial charge in [-0.05, 0) is 70.0 Å². The van der Waals surface area contributed by atoms with E-state index in [9.17, 15) is 4.79 Å². The molecule has 1 aromatic carbocycles. The summed E-state index contributed by atoms with van der Waals surface area (Å²) in [6.07, 6.45) is 5.53. The van der Waals surface area contributed by atoms with Crippen LogP contribution in [-0.4, -0.2) is 122 Å². The van der Waals surface area contributed by atoms with Crippen LogP contribution in [0.5, 0.6) is 5.75 Å². The zero-order valence-electron chi connectivity index (χ0n) is 24.6. The van der Waals surface area contributed by atoms with Crippen LogP contribution in [0.3, 0.4) is 0 Å². The molecule has 4 unspecified atom stereocenters. The molecule has 0 spiro atoms. The molecule has 10 nitrogen and oxygen atoms in total. The van der Waals surface area contributed by atoms with Crippen molar-refractivity contribution in [1.29, 1.82) is 0 Å². The van der Waals surface area contributed by atoms with Gasteiger partial charge >= 0.3 is 0 Å². The first-order valence-electron chi connectivity index (χ1n) is 14.6. The van der Waals surface area contributed by atoms with Gasteiger partial charge in [-0.25, -0.2) is 0 Å². The number of benzene rings is 1. The number of hydrogen-bond donors (Lipinski definition) is 4. The number of fused-ring (bicyclic) bond motifs is 4. The summed E-state index contributed by atoms with van der Waals surface area (Å²) in [7, 11) is 1.66. The third-order valence-electron chi connectivity index (χ3n) is 7.87. The largest absolute Gasteiger partial charge is 0.497 e. The summed E-state index contributed by atoms with van der Waals surface area (Å²) in [6, 6.07) is 5.93. The second-order valence-corrected chi connectivity index (χ2v) is 10.9. The van der Waals surface area contributed by atoms with Crippen LogP contribution < -0.4 is 21.5 Å². The van der Waals surface area contributed by atoms with Gasteiger partial charge in [0, 0.05) is 82.9 Å². The number of aromatic amines is 1. The number of nitrogens with one attached hydrogen (secondary N) is 2. The molecule has 2 saturated heterocycles. The highest BCUT2D eigenvalue weighted by atomic mass is 16.5. The Hall–Kier alpha value is -2.21. The zero-order chi connectivity index (χ0) is 28.2. The van der Waals surface area contributed by atoms with E-state index in [0.717, 1.165) is 62.3 Å². The number of carbonyl (C=O) groups excluding carboxylic acids is 1. The predicted octanol–water partition coefficient (Wildman–Crippen LogP) is 1.47. The van der Waals surface area contributed by atoms with Crippen molar-refractivity contribution >= 4 is 16.8 Å². The molecule has 0 radical (unpaired) electrons. The number of rotatable bonds is 6. The van der Waals surface area contributed by atoms with Gasteiger partial charge in [0.15, 0.2) is 0 Å². The molecule has 39 heavy (non-hydrogen) atoms. The molecule has 220 valence electrons. The monoisotopic (exact) mass is 544 g/mol. The van der Waals surface area contributed by atoms with Gasteiger partial charge in [0.1, 0.15) is 5.75 Å². The first-order chi connectivity index (χ1) is 18.8. The predicted molar refractivity (Wildman–Crippen MR) is 160 cm³/mol. The second kappa shape index (κ2) is 16.2. The molecule has 4 atom stereocenters. The maximum Gasteiger partial charge on any atom is 0.216 e. The fourth-order valence-corrected chi connectivity index (χ4v) is 5.39. The SMILES string of the molecule is CC(N)N1CCCN2CCN(CCCN(C(C)N)CC2)CC1.COc1ccc2[nH]cc(CCNC(C)=O)c2c1. The van der Waals surface area contributed by atoms with Crippen LogP contribution >= 0.6 is 0 Å². The molecule has 0 saturated carbocycles. The van der Waals surface area contributed by atoms with Crippen LogP contribution in [0.15, 0.2) is 24.4 Å². The Morgan fingerprint density at radius 3 is 2.00 bits per heavy atom. The highest BCUT2D eigenvalue weighted by Gasteiger charge is 2.20. The lowest BCUT2D eigenvalue weighted by Crippen LogP contribution is -2.51. The van der Waals surface area contributed by atoms with E-state index in [0.29, 0.717) is 6.54 Å². The molecule has 4 rings (SSSR count). The Labute approximate surface area is 235 Å². The minimum absolute atomic E-state index is 0.00224. The Balaban J connectivity index is 0.000000223. The Morgan fingerprint density at radius 2 is 1.49 bits per heavy atom. The third-order valence-corrected chi connectivity index (χ3v) is 7.87. The summed E-state index contributed by atoms with van der Waals surface area (Å²) in [5.41, 5.74) is 14.5. The van der Waals surface area contributed by atoms with Gasteiger partial charge in [0.25, 0.3) is 0 Å². The molecule has 0 aliphatic carbocycles. The van der Waals surface area contributed by atoms with Gasteiger partial charge in [-0.2, -0.15) is 0 Å². The second-order valence-electron chi connectivity index (χ2n) is 10.9. The van der Waals surface area contributed by atoms with Gasteiger partial charge in [0.2, 0.25) is 5.91 Å². The Kier molecular flexibility index (Phi) is 13.0. The molecule has 2 aliphatic heterocycles. The lowest BCUT2D eigenvalue weighted by Gasteiger charge is -2.37. The normalized spacial score (nSPS) is 23.3. The van der Waals surface area contributed by atoms with E-state index in [1.165, 1.54) is 51.5 Å². The molecule has 2 aliphatic rings. The summed E-state index contributed by atoms with van der Waals surface area (Å²) < 4.78 is 5.21. The van der Waals surface area contributed by atoms with E-state index >= 15 is 0 Å². The number of hydrogen-bond acceptors (Lipinski definition) is 8. The van der Waals surface area contributed by atoms with Gasteiger partial charge in [-0.1, -0.05) is 0 Å². The van der Waals surface area contributed by atoms with Crippen molar-refractivity contribution in [3.63, 3.8) is 0 Å². The van der Waals surface area contributed by atoms with Crippen LogP contribution in [0.2, 0.25) is 0 Å². The summed E-state index contributed by atoms with van der Waals surface area (Å²) in [5.74, 6) is 0.847. The lowest BCUT2D eigenvalue weighted by molar-refractivity contribution is -0.118. The van der Waals surface area contributed by atoms with Crippen molar-refractivity contribution in [1.82, 2.24) is 29.9 Å². The topological polar surface area (TPSA) is 119 Å². The maximum absolute atomic E-state index is 10.8. The summed E-state index contributed by atoms with van der Waals surface area (Å²) in [5, 5.41) is 3.94. The number of H-pyrrole nitrogens is 1. The molecule has 2 fully saturated rings. The highest BCUT2D eigenvalue weighted by Crippen LogP contribution is 2.23. The van der Waals surface area contributed by atoms with Crippen molar-refractivity contribution in [3.05, 3.63) is 30.0 Å². The van der Waals surface area contributed by atoms with Crippen LogP contribution in [0.4, 0.5) is 0 Å². The Morgan fingerprint density at radius 1 is 0.923 bits per heavy atom. The highest BCUT2D eigenvalue weighted by molar-refractivity contribution is 5.84. The number of aromatic nitrogens is 1. The number of ether oxygens (including phenoxy) is 1. The quantitative estimate of drug-likeness (QED) is 0.432. The van der Waals surface area contributed by atoms with Gasteiger partial charge < -0.3 is 36.3 Å². The Bertz CT molecular complexity index is 965. The van der Waals surface area contributed by atoms with Crippen molar-refractivity contribution in [2.75, 3.05) is 79.1 Å². The van der Waals surface area contributed by atoms with E-state index in [1.54, 1.807) is 7.11 Å². The summed E-state index contributed by atoms with van der Waals surface area (Å²) in [6.45, 7) is 17.8. The van der Waals surface area contributed by atoms with Crippen LogP contribution in [-0.2, 0) is 11.2 Å². The molecule has 10 heteroatoms. The molecule has 3 heterocycles. The number of carbonyl (C=O) groups is 1. The first-order valence-corrected chi connectivity index (χ1v) is 14.6. The average molecular weight is 545 g/mol. The zero-order valence-corrected chi connectivity index (χ0v) is 24.6. The fourth-order valence-electron chi connectivity index (χ4n) is 5.39. The van der Waals surface area contributed by atoms with Crippen LogP contribution in [0.25, 0.3) is 10.9 Å². The van der Waals surface area contributed by atoms with Gasteiger partial charge in [-0.15, -0.1) is 0 Å². The van der Waals surface area contributed by atoms with E-state index in [4.69, 9.17) is 16.2 Å². The van der Waals surface area contributed by atoms with E-state index in [1.807, 2.05) is 24.4 Å². The number of nitrogens with zero attached hydrogens (tertiary/aromatic N) is 4. The minimum Gasteiger partial charge on any atom is -0.497 e. The molecule has 1 aromatic heterocycles. The lowest BCUT2D eigenvalue weighted by atomic mass is 10.1. The average Bonchev–Trinajstić information content (AvgIpc) is 3.32. The van der Waals surface area contributed by atoms with Crippen LogP contribution in [0.1, 0.15) is 39.2 Å². The molecular weight excluding hydrogens is 492 g/mol. The first kappa shape index (κ1) is 31.3. The molecule has 2 aromatic rings. The number of amides is 1. The third kappa shape index (κ3) is 10.4. The van der Waals surface area contributed by atoms with Crippen molar-refractivity contribution in [3.8, 4) is 5.75 Å². The van der Waals surface area contributed by atoms with E-state index < -0.39 is 0 Å². The van der Waals surface area contributed by atoms with Gasteiger partial charge in [-0.3, -0.25) is 14.6 Å². The van der Waals surface area contributed by atoms with Crippen molar-refractivity contribution in [2.24, 2.45) is 11.5 Å². The smallest absolute Gasteiger partial charge is 0.216 e. The summed E-state index contributed by atoms with van der Waals surface area (Å²) >= 11 is 0. The van der Waals surface area contributed by atoms with Crippen LogP contribution in [0, 0.1) is 0 Å². The number of nitrogens with two attached hydrogens (primary N) is 2. The number of methoxy groups -OCH3 is 1. The molecule has 6 N–H and O–H groups in total. The van der Waals surface area contributed by atoms with Crippen molar-refractivity contribution < 1.29 is 9.53 Å². The summed E-state index contributed by atoms with van der Waals surface area (Å²) in [4.78, 5) is 24.1. The maximum atomic E-state index is 10.8. The van der Waals surface area contributed by atoms with E-state index in [2.05, 4.69) is 43.7 Å². The molecule has 2 bridgehead atoms. The molecular formula is C29H52N8O2. The standard InChI is InChI=1S/C16H36N6.C13H16N2O2/c1-15(17)21-7-3-5-20-10-9-19(11-13-21)6-4-8-22(14-12-20)16(2)18;1-9(16)14-6-5-10-8-15-13-4-3-11(17-2)7-12(10)13/h15-16H,3-14,17-18H2,1-2H3;3-4,7-8,15H,5-6H2,1-2H3,(H,14,16). The minimum atomic E-state index is 0.00224. The van der Waals surface area contributed by atoms with Crippen molar-refractivity contribution in [2.45, 2.75) is 52.4 Å². The molecule has 1 amide bonds.